The van der Waals surface area contributed by atoms with Gasteiger partial charge in [-0.2, -0.15) is 5.10 Å². The fourth-order valence-corrected chi connectivity index (χ4v) is 3.64. The smallest absolute Gasteiger partial charge is 0.276 e. The highest BCUT2D eigenvalue weighted by Gasteiger charge is 2.24. The van der Waals surface area contributed by atoms with Crippen molar-refractivity contribution in [3.05, 3.63) is 40.4 Å². The van der Waals surface area contributed by atoms with Crippen LogP contribution in [-0.2, 0) is 25.4 Å². The lowest BCUT2D eigenvalue weighted by molar-refractivity contribution is -0.235. The molecule has 3 aromatic rings. The summed E-state index contributed by atoms with van der Waals surface area (Å²) < 4.78 is 20.1. The number of aliphatic hydroxyl groups is 1. The lowest BCUT2D eigenvalue weighted by Gasteiger charge is -2.30. The van der Waals surface area contributed by atoms with E-state index in [0.717, 1.165) is 22.1 Å². The quantitative estimate of drug-likeness (QED) is 0.560. The minimum atomic E-state index is -1.09. The molecule has 0 amide bonds. The lowest BCUT2D eigenvalue weighted by atomic mass is 10.0. The molecule has 1 aromatic carbocycles. The monoisotopic (exact) mass is 444 g/mol. The highest BCUT2D eigenvalue weighted by Crippen LogP contribution is 2.38. The van der Waals surface area contributed by atoms with Crippen molar-refractivity contribution in [3.8, 4) is 22.6 Å². The number of hydrogen-bond donors (Lipinski definition) is 1. The third-order valence-corrected chi connectivity index (χ3v) is 5.24. The van der Waals surface area contributed by atoms with Crippen LogP contribution in [0.4, 0.5) is 0 Å². The summed E-state index contributed by atoms with van der Waals surface area (Å²) in [5, 5.41) is 15.4. The number of hydrogen-bond acceptors (Lipinski definition) is 7. The topological polar surface area (TPSA) is 91.0 Å². The second-order valence-electron chi connectivity index (χ2n) is 8.82. The fourth-order valence-electron chi connectivity index (χ4n) is 3.64. The van der Waals surface area contributed by atoms with Gasteiger partial charge in [-0.15, -0.1) is 0 Å². The van der Waals surface area contributed by atoms with E-state index in [-0.39, 0.29) is 5.56 Å². The molecule has 0 spiro atoms. The number of nitrogens with zero attached hydrogens (tertiary/aromatic N) is 4. The molecule has 2 aromatic heterocycles. The van der Waals surface area contributed by atoms with Gasteiger partial charge in [0.05, 0.1) is 31.6 Å². The first kappa shape index (κ1) is 23.8. The van der Waals surface area contributed by atoms with E-state index < -0.39 is 12.0 Å². The number of ether oxygens (including phenoxy) is 3. The molecule has 1 atom stereocenters. The molecule has 32 heavy (non-hydrogen) atoms. The van der Waals surface area contributed by atoms with Crippen LogP contribution in [0.25, 0.3) is 22.0 Å². The molecule has 0 saturated heterocycles. The second kappa shape index (κ2) is 8.93. The molecule has 9 nitrogen and oxygen atoms in total. The van der Waals surface area contributed by atoms with Crippen LogP contribution in [0.2, 0.25) is 0 Å². The maximum atomic E-state index is 12.6. The molecule has 0 radical (unpaired) electrons. The van der Waals surface area contributed by atoms with Crippen molar-refractivity contribution < 1.29 is 19.3 Å². The van der Waals surface area contributed by atoms with Crippen molar-refractivity contribution >= 4 is 10.9 Å². The van der Waals surface area contributed by atoms with Crippen LogP contribution in [0, 0.1) is 0 Å². The van der Waals surface area contributed by atoms with Gasteiger partial charge in [-0.25, -0.2) is 0 Å². The number of pyridine rings is 1. The maximum Gasteiger partial charge on any atom is 0.276 e. The fraction of sp³-hybridized carbons (Fsp3) is 0.478. The number of aromatic nitrogens is 3. The molecule has 0 aliphatic heterocycles. The van der Waals surface area contributed by atoms with Crippen molar-refractivity contribution in [1.29, 1.82) is 0 Å². The minimum Gasteiger partial charge on any atom is -0.496 e. The Labute approximate surface area is 187 Å². The average molecular weight is 445 g/mol. The van der Waals surface area contributed by atoms with Crippen LogP contribution in [0.5, 0.6) is 11.5 Å². The van der Waals surface area contributed by atoms with E-state index >= 15 is 0 Å². The summed E-state index contributed by atoms with van der Waals surface area (Å²) >= 11 is 0. The summed E-state index contributed by atoms with van der Waals surface area (Å²) in [4.78, 5) is 14.3. The van der Waals surface area contributed by atoms with E-state index in [9.17, 15) is 9.90 Å². The molecule has 2 heterocycles. The number of fused-ring (bicyclic) bond motifs is 1. The molecule has 174 valence electrons. The Morgan fingerprint density at radius 1 is 1.16 bits per heavy atom. The normalized spacial score (nSPS) is 13.1. The van der Waals surface area contributed by atoms with Gasteiger partial charge in [-0.05, 0) is 45.5 Å². The molecule has 0 aliphatic rings. The van der Waals surface area contributed by atoms with Gasteiger partial charge < -0.3 is 23.9 Å². The summed E-state index contributed by atoms with van der Waals surface area (Å²) in [6, 6.07) is 3.80. The van der Waals surface area contributed by atoms with Crippen molar-refractivity contribution in [3.63, 3.8) is 0 Å². The summed E-state index contributed by atoms with van der Waals surface area (Å²) in [6.45, 7) is 5.98. The van der Waals surface area contributed by atoms with E-state index in [1.165, 1.54) is 0 Å². The first-order chi connectivity index (χ1) is 15.0. The van der Waals surface area contributed by atoms with Crippen LogP contribution in [-0.4, -0.2) is 57.6 Å². The van der Waals surface area contributed by atoms with Gasteiger partial charge in [0.1, 0.15) is 17.0 Å². The van der Waals surface area contributed by atoms with Crippen LogP contribution in [0.15, 0.2) is 29.3 Å². The Kier molecular flexibility index (Phi) is 6.64. The standard InChI is InChI=1S/C23H32N4O5/c1-23(2,3)32-22(29)26(5)13-17-18(30-7)9-14(10-19(17)31-8)16-12-25(4)21(28)20-15(16)11-24-27(20)6/h9-12,22,29H,13H2,1-8H3. The number of methoxy groups -OCH3 is 2. The van der Waals surface area contributed by atoms with E-state index in [1.54, 1.807) is 61.9 Å². The first-order valence-electron chi connectivity index (χ1n) is 10.3. The molecule has 9 heteroatoms. The third kappa shape index (κ3) is 4.64. The van der Waals surface area contributed by atoms with Gasteiger partial charge in [-0.3, -0.25) is 14.4 Å². The van der Waals surface area contributed by atoms with E-state index in [1.807, 2.05) is 32.9 Å². The minimum absolute atomic E-state index is 0.117. The van der Waals surface area contributed by atoms with Crippen molar-refractivity contribution in [2.75, 3.05) is 21.3 Å². The predicted molar refractivity (Wildman–Crippen MR) is 123 cm³/mol. The van der Waals surface area contributed by atoms with Crippen LogP contribution in [0.1, 0.15) is 26.3 Å². The van der Waals surface area contributed by atoms with Gasteiger partial charge in [0.2, 0.25) is 6.41 Å². The summed E-state index contributed by atoms with van der Waals surface area (Å²) in [6.07, 6.45) is 2.38. The molecule has 0 saturated carbocycles. The van der Waals surface area contributed by atoms with Crippen LogP contribution in [0.3, 0.4) is 0 Å². The van der Waals surface area contributed by atoms with E-state index in [4.69, 9.17) is 14.2 Å². The molecule has 1 N–H and O–H groups in total. The number of rotatable bonds is 7. The highest BCUT2D eigenvalue weighted by molar-refractivity contribution is 5.94. The van der Waals surface area contributed by atoms with Crippen LogP contribution >= 0.6 is 0 Å². The second-order valence-corrected chi connectivity index (χ2v) is 8.82. The van der Waals surface area contributed by atoms with Crippen molar-refractivity contribution in [2.45, 2.75) is 39.3 Å². The van der Waals surface area contributed by atoms with Gasteiger partial charge >= 0.3 is 0 Å². The van der Waals surface area contributed by atoms with Crippen LogP contribution < -0.4 is 15.0 Å². The maximum absolute atomic E-state index is 12.6. The zero-order valence-corrected chi connectivity index (χ0v) is 20.0. The van der Waals surface area contributed by atoms with E-state index in [2.05, 4.69) is 5.10 Å². The van der Waals surface area contributed by atoms with Gasteiger partial charge in [0.25, 0.3) is 5.56 Å². The Hall–Kier alpha value is -2.88. The molecule has 3 rings (SSSR count). The van der Waals surface area contributed by atoms with Gasteiger partial charge in [0.15, 0.2) is 0 Å². The summed E-state index contributed by atoms with van der Waals surface area (Å²) in [5.41, 5.74) is 2.34. The zero-order chi connectivity index (χ0) is 23.8. The van der Waals surface area contributed by atoms with E-state index in [0.29, 0.717) is 23.6 Å². The molecule has 0 aliphatic carbocycles. The molecule has 1 unspecified atom stereocenters. The zero-order valence-electron chi connectivity index (χ0n) is 20.0. The molecule has 0 bridgehead atoms. The van der Waals surface area contributed by atoms with Crippen molar-refractivity contribution in [2.24, 2.45) is 14.1 Å². The SMILES string of the molecule is COc1cc(-c2cn(C)c(=O)c3c2cnn3C)cc(OC)c1CN(C)C(O)OC(C)(C)C. The third-order valence-electron chi connectivity index (χ3n) is 5.24. The number of benzene rings is 1. The average Bonchev–Trinajstić information content (AvgIpc) is 3.11. The highest BCUT2D eigenvalue weighted by atomic mass is 16.6. The molecule has 0 fully saturated rings. The van der Waals surface area contributed by atoms with Gasteiger partial charge in [0, 0.05) is 37.8 Å². The molecular weight excluding hydrogens is 412 g/mol. The Balaban J connectivity index is 2.09. The number of aliphatic hydroxyl groups excluding tert-OH is 1. The summed E-state index contributed by atoms with van der Waals surface area (Å²) in [5.74, 6) is 1.19. The first-order valence-corrected chi connectivity index (χ1v) is 10.3. The molecular formula is C23H32N4O5. The Morgan fingerprint density at radius 3 is 2.28 bits per heavy atom. The summed E-state index contributed by atoms with van der Waals surface area (Å²) in [7, 11) is 8.40. The largest absolute Gasteiger partial charge is 0.496 e. The number of aryl methyl sites for hydroxylation is 2. The Morgan fingerprint density at radius 2 is 1.75 bits per heavy atom. The van der Waals surface area contributed by atoms with Gasteiger partial charge in [-0.1, -0.05) is 0 Å². The van der Waals surface area contributed by atoms with Crippen molar-refractivity contribution in [1.82, 2.24) is 19.2 Å². The lowest BCUT2D eigenvalue weighted by Crippen LogP contribution is -2.39. The predicted octanol–water partition coefficient (Wildman–Crippen LogP) is 2.48. The Bertz CT molecular complexity index is 1150.